The van der Waals surface area contributed by atoms with Gasteiger partial charge in [0.2, 0.25) is 0 Å². The lowest BCUT2D eigenvalue weighted by Crippen LogP contribution is -1.86. The van der Waals surface area contributed by atoms with Crippen LogP contribution in [0, 0.1) is 0 Å². The highest BCUT2D eigenvalue weighted by Gasteiger charge is 2.01. The Morgan fingerprint density at radius 3 is 1.82 bits per heavy atom. The Morgan fingerprint density at radius 1 is 0.727 bits per heavy atom. The Hall–Kier alpha value is -2.80. The molecule has 1 nitrogen and oxygen atoms in total. The second-order valence-electron chi connectivity index (χ2n) is 4.85. The molecule has 0 saturated heterocycles. The average Bonchev–Trinajstić information content (AvgIpc) is 2.58. The van der Waals surface area contributed by atoms with Gasteiger partial charge in [-0.05, 0) is 35.2 Å². The maximum Gasteiger partial charge on any atom is 0.115 e. The highest BCUT2D eigenvalue weighted by molar-refractivity contribution is 5.67. The van der Waals surface area contributed by atoms with Crippen molar-refractivity contribution >= 4 is 0 Å². The number of phenolic OH excluding ortho intramolecular Hbond substituents is 1. The first-order valence-electron chi connectivity index (χ1n) is 7.29. The molecular formula is C21H20O. The Kier molecular flexibility index (Phi) is 6.01. The number of allylic oxidation sites excluding steroid dienone is 1. The van der Waals surface area contributed by atoms with Crippen molar-refractivity contribution in [3.8, 4) is 16.9 Å². The van der Waals surface area contributed by atoms with Crippen molar-refractivity contribution in [3.63, 3.8) is 0 Å². The van der Waals surface area contributed by atoms with E-state index in [4.69, 9.17) is 5.11 Å². The molecule has 0 heterocycles. The van der Waals surface area contributed by atoms with Crippen LogP contribution in [0.3, 0.4) is 0 Å². The maximum absolute atomic E-state index is 8.63. The molecule has 1 heteroatoms. The van der Waals surface area contributed by atoms with Gasteiger partial charge in [-0.25, -0.2) is 0 Å². The Bertz CT molecular complexity index is 687. The van der Waals surface area contributed by atoms with Gasteiger partial charge in [-0.15, -0.1) is 6.58 Å². The normalized spacial score (nSPS) is 9.45. The van der Waals surface area contributed by atoms with Gasteiger partial charge in [0.25, 0.3) is 0 Å². The van der Waals surface area contributed by atoms with Crippen LogP contribution in [0.5, 0.6) is 5.75 Å². The third kappa shape index (κ3) is 4.64. The zero-order valence-corrected chi connectivity index (χ0v) is 12.5. The highest BCUT2D eigenvalue weighted by atomic mass is 16.3. The van der Waals surface area contributed by atoms with E-state index in [0.717, 1.165) is 6.42 Å². The number of hydrogen-bond donors (Lipinski definition) is 1. The van der Waals surface area contributed by atoms with Gasteiger partial charge in [0.15, 0.2) is 0 Å². The monoisotopic (exact) mass is 288 g/mol. The van der Waals surface area contributed by atoms with Crippen LogP contribution in [0.2, 0.25) is 0 Å². The Balaban J connectivity index is 0.000000211. The van der Waals surface area contributed by atoms with Crippen LogP contribution in [-0.2, 0) is 6.42 Å². The molecule has 0 aliphatic carbocycles. The summed E-state index contributed by atoms with van der Waals surface area (Å²) in [5.74, 6) is 0.322. The molecule has 0 atom stereocenters. The van der Waals surface area contributed by atoms with Crippen molar-refractivity contribution in [2.75, 3.05) is 0 Å². The van der Waals surface area contributed by atoms with E-state index in [-0.39, 0.29) is 0 Å². The zero-order chi connectivity index (χ0) is 15.6. The third-order valence-corrected chi connectivity index (χ3v) is 3.22. The zero-order valence-electron chi connectivity index (χ0n) is 12.5. The predicted molar refractivity (Wildman–Crippen MR) is 93.9 cm³/mol. The molecule has 3 aromatic carbocycles. The van der Waals surface area contributed by atoms with E-state index in [1.807, 2.05) is 18.2 Å². The van der Waals surface area contributed by atoms with Crippen LogP contribution in [0.4, 0.5) is 0 Å². The lowest BCUT2D eigenvalue weighted by molar-refractivity contribution is 0.475. The summed E-state index contributed by atoms with van der Waals surface area (Å²) in [6.45, 7) is 3.79. The first-order chi connectivity index (χ1) is 10.8. The molecule has 0 fully saturated rings. The summed E-state index contributed by atoms with van der Waals surface area (Å²) in [7, 11) is 0. The van der Waals surface area contributed by atoms with Crippen LogP contribution in [0.1, 0.15) is 5.56 Å². The summed E-state index contributed by atoms with van der Waals surface area (Å²) >= 11 is 0. The first-order valence-corrected chi connectivity index (χ1v) is 7.29. The van der Waals surface area contributed by atoms with E-state index >= 15 is 0 Å². The molecule has 0 amide bonds. The van der Waals surface area contributed by atoms with Crippen LogP contribution in [0.15, 0.2) is 97.6 Å². The topological polar surface area (TPSA) is 20.2 Å². The predicted octanol–water partition coefficient (Wildman–Crippen LogP) is 5.47. The average molecular weight is 288 g/mol. The van der Waals surface area contributed by atoms with Crippen molar-refractivity contribution in [1.29, 1.82) is 0 Å². The minimum Gasteiger partial charge on any atom is -0.508 e. The summed E-state index contributed by atoms with van der Waals surface area (Å²) in [5, 5.41) is 8.63. The van der Waals surface area contributed by atoms with Crippen molar-refractivity contribution in [2.24, 2.45) is 0 Å². The molecular weight excluding hydrogens is 268 g/mol. The molecule has 22 heavy (non-hydrogen) atoms. The molecule has 0 spiro atoms. The minimum atomic E-state index is 0.322. The standard InChI is InChI=1S/C15H14.C6H6O/c1-2-8-13-11-6-7-12-15(13)14-9-4-3-5-10-14;7-6-4-2-1-3-5-6/h2-7,9-12H,1,8H2;1-5,7H. The van der Waals surface area contributed by atoms with E-state index in [2.05, 4.69) is 55.1 Å². The van der Waals surface area contributed by atoms with E-state index in [1.165, 1.54) is 16.7 Å². The molecule has 110 valence electrons. The van der Waals surface area contributed by atoms with E-state index < -0.39 is 0 Å². The number of phenols is 1. The summed E-state index contributed by atoms with van der Waals surface area (Å²) in [6, 6.07) is 27.6. The van der Waals surface area contributed by atoms with E-state index in [9.17, 15) is 0 Å². The number of benzene rings is 3. The van der Waals surface area contributed by atoms with Crippen LogP contribution < -0.4 is 0 Å². The lowest BCUT2D eigenvalue weighted by atomic mass is 9.98. The summed E-state index contributed by atoms with van der Waals surface area (Å²) in [4.78, 5) is 0. The largest absolute Gasteiger partial charge is 0.508 e. The number of aromatic hydroxyl groups is 1. The molecule has 3 aromatic rings. The Labute approximate surface area is 132 Å². The van der Waals surface area contributed by atoms with Gasteiger partial charge in [0.05, 0.1) is 0 Å². The molecule has 1 N–H and O–H groups in total. The Morgan fingerprint density at radius 2 is 1.27 bits per heavy atom. The quantitative estimate of drug-likeness (QED) is 0.633. The first kappa shape index (κ1) is 15.6. The lowest BCUT2D eigenvalue weighted by Gasteiger charge is -2.07. The molecule has 0 aromatic heterocycles. The van der Waals surface area contributed by atoms with Gasteiger partial charge in [-0.2, -0.15) is 0 Å². The van der Waals surface area contributed by atoms with Gasteiger partial charge < -0.3 is 5.11 Å². The summed E-state index contributed by atoms with van der Waals surface area (Å²) in [6.07, 6.45) is 2.87. The second kappa shape index (κ2) is 8.48. The van der Waals surface area contributed by atoms with Crippen LogP contribution in [0.25, 0.3) is 11.1 Å². The molecule has 0 bridgehead atoms. The van der Waals surface area contributed by atoms with Gasteiger partial charge in [-0.1, -0.05) is 78.9 Å². The fourth-order valence-corrected chi connectivity index (χ4v) is 2.18. The summed E-state index contributed by atoms with van der Waals surface area (Å²) in [5.41, 5.74) is 3.91. The fraction of sp³-hybridized carbons (Fsp3) is 0.0476. The molecule has 0 aliphatic rings. The van der Waals surface area contributed by atoms with E-state index in [0.29, 0.717) is 5.75 Å². The van der Waals surface area contributed by atoms with Crippen molar-refractivity contribution in [1.82, 2.24) is 0 Å². The second-order valence-corrected chi connectivity index (χ2v) is 4.85. The smallest absolute Gasteiger partial charge is 0.115 e. The molecule has 0 saturated carbocycles. The number of hydrogen-bond acceptors (Lipinski definition) is 1. The molecule has 0 unspecified atom stereocenters. The van der Waals surface area contributed by atoms with Gasteiger partial charge >= 0.3 is 0 Å². The molecule has 3 rings (SSSR count). The van der Waals surface area contributed by atoms with Gasteiger partial charge in [0.1, 0.15) is 5.75 Å². The van der Waals surface area contributed by atoms with Crippen molar-refractivity contribution in [3.05, 3.63) is 103 Å². The summed E-state index contributed by atoms with van der Waals surface area (Å²) < 4.78 is 0. The third-order valence-electron chi connectivity index (χ3n) is 3.22. The maximum atomic E-state index is 8.63. The minimum absolute atomic E-state index is 0.322. The number of para-hydroxylation sites is 1. The fourth-order valence-electron chi connectivity index (χ4n) is 2.18. The molecule has 0 aliphatic heterocycles. The highest BCUT2D eigenvalue weighted by Crippen LogP contribution is 2.23. The van der Waals surface area contributed by atoms with Crippen LogP contribution in [-0.4, -0.2) is 5.11 Å². The number of rotatable bonds is 3. The SMILES string of the molecule is C=CCc1ccccc1-c1ccccc1.Oc1ccccc1. The van der Waals surface area contributed by atoms with Gasteiger partial charge in [-0.3, -0.25) is 0 Å². The van der Waals surface area contributed by atoms with Crippen LogP contribution >= 0.6 is 0 Å². The van der Waals surface area contributed by atoms with Crippen molar-refractivity contribution < 1.29 is 5.11 Å². The van der Waals surface area contributed by atoms with Gasteiger partial charge in [0, 0.05) is 0 Å². The van der Waals surface area contributed by atoms with E-state index in [1.54, 1.807) is 24.3 Å². The molecule has 0 radical (unpaired) electrons. The van der Waals surface area contributed by atoms with Crippen molar-refractivity contribution in [2.45, 2.75) is 6.42 Å².